The zero-order valence-corrected chi connectivity index (χ0v) is 12.8. The number of carbonyl (C=O) groups is 1. The van der Waals surface area contributed by atoms with Gasteiger partial charge in [0.2, 0.25) is 5.91 Å². The van der Waals surface area contributed by atoms with Gasteiger partial charge in [0.15, 0.2) is 0 Å². The van der Waals surface area contributed by atoms with Crippen molar-refractivity contribution < 1.29 is 9.53 Å². The Morgan fingerprint density at radius 1 is 1.41 bits per heavy atom. The first-order valence-electron chi connectivity index (χ1n) is 7.85. The number of aromatic nitrogens is 1. The maximum atomic E-state index is 11.0. The normalized spacial score (nSPS) is 20.1. The molecule has 1 unspecified atom stereocenters. The van der Waals surface area contributed by atoms with Gasteiger partial charge in [-0.15, -0.1) is 0 Å². The summed E-state index contributed by atoms with van der Waals surface area (Å²) in [7, 11) is 0. The Morgan fingerprint density at radius 2 is 2.32 bits per heavy atom. The average molecular weight is 301 g/mol. The number of ether oxygens (including phenoxy) is 1. The number of nitrogens with zero attached hydrogens (tertiary/aromatic N) is 1. The molecule has 2 heterocycles. The molecule has 5 nitrogen and oxygen atoms in total. The number of aromatic amines is 1. The molecule has 1 aromatic carbocycles. The van der Waals surface area contributed by atoms with Crippen LogP contribution in [0.25, 0.3) is 10.9 Å². The highest BCUT2D eigenvalue weighted by Gasteiger charge is 2.19. The largest absolute Gasteiger partial charge is 0.380 e. The molecule has 1 saturated heterocycles. The van der Waals surface area contributed by atoms with E-state index in [2.05, 4.69) is 34.1 Å². The maximum Gasteiger partial charge on any atom is 0.218 e. The summed E-state index contributed by atoms with van der Waals surface area (Å²) < 4.78 is 5.72. The van der Waals surface area contributed by atoms with Crippen molar-refractivity contribution in [1.29, 1.82) is 0 Å². The number of carbonyl (C=O) groups excluding carboxylic acids is 1. The fraction of sp³-hybridized carbons (Fsp3) is 0.471. The molecule has 2 aromatic rings. The molecule has 0 aliphatic carbocycles. The van der Waals surface area contributed by atoms with Crippen LogP contribution in [0.5, 0.6) is 0 Å². The van der Waals surface area contributed by atoms with Gasteiger partial charge in [-0.05, 0) is 41.5 Å². The third kappa shape index (κ3) is 3.87. The van der Waals surface area contributed by atoms with Gasteiger partial charge in [-0.3, -0.25) is 4.79 Å². The lowest BCUT2D eigenvalue weighted by molar-refractivity contribution is -0.118. The predicted octanol–water partition coefficient (Wildman–Crippen LogP) is 1.53. The fourth-order valence-electron chi connectivity index (χ4n) is 3.11. The zero-order chi connectivity index (χ0) is 15.4. The first-order chi connectivity index (χ1) is 10.7. The third-order valence-corrected chi connectivity index (χ3v) is 4.24. The number of rotatable bonds is 5. The van der Waals surface area contributed by atoms with E-state index in [1.54, 1.807) is 0 Å². The van der Waals surface area contributed by atoms with Gasteiger partial charge in [-0.2, -0.15) is 0 Å². The van der Waals surface area contributed by atoms with E-state index >= 15 is 0 Å². The highest BCUT2D eigenvalue weighted by molar-refractivity contribution is 5.79. The summed E-state index contributed by atoms with van der Waals surface area (Å²) in [6.07, 6.45) is 3.38. The quantitative estimate of drug-likeness (QED) is 0.880. The standard InChI is InChI=1S/C17H23N3O2/c18-17(21)4-6-20-7-8-22-12-14(11-20)9-13-1-2-16-15(10-13)3-5-19-16/h1-3,5,10,14,19H,4,6-9,11-12H2,(H2,18,21). The van der Waals surface area contributed by atoms with Crippen molar-refractivity contribution in [2.75, 3.05) is 32.8 Å². The topological polar surface area (TPSA) is 71.3 Å². The molecule has 3 N–H and O–H groups in total. The summed E-state index contributed by atoms with van der Waals surface area (Å²) in [6, 6.07) is 8.65. The maximum absolute atomic E-state index is 11.0. The highest BCUT2D eigenvalue weighted by atomic mass is 16.5. The number of amides is 1. The van der Waals surface area contributed by atoms with Gasteiger partial charge in [-0.25, -0.2) is 0 Å². The van der Waals surface area contributed by atoms with Crippen LogP contribution in [0.4, 0.5) is 0 Å². The lowest BCUT2D eigenvalue weighted by Gasteiger charge is -2.22. The number of nitrogens with one attached hydrogen (secondary N) is 1. The van der Waals surface area contributed by atoms with E-state index < -0.39 is 0 Å². The summed E-state index contributed by atoms with van der Waals surface area (Å²) in [6.45, 7) is 4.06. The van der Waals surface area contributed by atoms with Crippen LogP contribution in [0.1, 0.15) is 12.0 Å². The van der Waals surface area contributed by atoms with Crippen LogP contribution in [0, 0.1) is 5.92 Å². The van der Waals surface area contributed by atoms with Gasteiger partial charge in [0.1, 0.15) is 0 Å². The van der Waals surface area contributed by atoms with Crippen LogP contribution >= 0.6 is 0 Å². The van der Waals surface area contributed by atoms with Gasteiger partial charge in [0.25, 0.3) is 0 Å². The Labute approximate surface area is 130 Å². The molecule has 0 bridgehead atoms. The molecule has 1 aliphatic rings. The van der Waals surface area contributed by atoms with E-state index in [-0.39, 0.29) is 5.91 Å². The van der Waals surface area contributed by atoms with Crippen molar-refractivity contribution in [3.8, 4) is 0 Å². The number of benzene rings is 1. The Bertz CT molecular complexity index is 638. The number of nitrogens with two attached hydrogens (primary N) is 1. The molecular formula is C17H23N3O2. The molecule has 5 heteroatoms. The summed E-state index contributed by atoms with van der Waals surface area (Å²) >= 11 is 0. The van der Waals surface area contributed by atoms with Crippen LogP contribution in [-0.4, -0.2) is 48.6 Å². The first kappa shape index (κ1) is 15.1. The number of hydrogen-bond donors (Lipinski definition) is 2. The SMILES string of the molecule is NC(=O)CCN1CCOCC(Cc2ccc3[nH]ccc3c2)C1. The molecular weight excluding hydrogens is 278 g/mol. The van der Waals surface area contributed by atoms with E-state index in [4.69, 9.17) is 10.5 Å². The molecule has 1 atom stereocenters. The third-order valence-electron chi connectivity index (χ3n) is 4.24. The van der Waals surface area contributed by atoms with Crippen molar-refractivity contribution in [2.45, 2.75) is 12.8 Å². The minimum Gasteiger partial charge on any atom is -0.380 e. The average Bonchev–Trinajstić information content (AvgIpc) is 2.84. The zero-order valence-electron chi connectivity index (χ0n) is 12.8. The van der Waals surface area contributed by atoms with E-state index in [9.17, 15) is 4.79 Å². The minimum atomic E-state index is -0.236. The van der Waals surface area contributed by atoms with E-state index in [0.717, 1.165) is 39.3 Å². The van der Waals surface area contributed by atoms with Gasteiger partial charge < -0.3 is 20.4 Å². The molecule has 0 spiro atoms. The molecule has 1 aliphatic heterocycles. The lowest BCUT2D eigenvalue weighted by atomic mass is 9.98. The summed E-state index contributed by atoms with van der Waals surface area (Å²) in [4.78, 5) is 16.5. The second kappa shape index (κ2) is 6.94. The number of primary amides is 1. The number of fused-ring (bicyclic) bond motifs is 1. The second-order valence-electron chi connectivity index (χ2n) is 6.06. The van der Waals surface area contributed by atoms with Crippen molar-refractivity contribution in [3.05, 3.63) is 36.0 Å². The molecule has 118 valence electrons. The summed E-state index contributed by atoms with van der Waals surface area (Å²) in [5, 5.41) is 1.25. The van der Waals surface area contributed by atoms with Crippen LogP contribution < -0.4 is 5.73 Å². The molecule has 0 radical (unpaired) electrons. The Balaban J connectivity index is 1.63. The predicted molar refractivity (Wildman–Crippen MR) is 86.6 cm³/mol. The molecule has 1 fully saturated rings. The second-order valence-corrected chi connectivity index (χ2v) is 6.06. The van der Waals surface area contributed by atoms with Crippen LogP contribution in [-0.2, 0) is 16.0 Å². The number of hydrogen-bond acceptors (Lipinski definition) is 3. The Hall–Kier alpha value is -1.85. The van der Waals surface area contributed by atoms with E-state index in [1.807, 2.05) is 6.20 Å². The van der Waals surface area contributed by atoms with Crippen LogP contribution in [0.3, 0.4) is 0 Å². The Morgan fingerprint density at radius 3 is 3.18 bits per heavy atom. The van der Waals surface area contributed by atoms with Gasteiger partial charge >= 0.3 is 0 Å². The van der Waals surface area contributed by atoms with E-state index in [1.165, 1.54) is 16.5 Å². The van der Waals surface area contributed by atoms with Gasteiger partial charge in [0.05, 0.1) is 13.2 Å². The highest BCUT2D eigenvalue weighted by Crippen LogP contribution is 2.19. The monoisotopic (exact) mass is 301 g/mol. The van der Waals surface area contributed by atoms with E-state index in [0.29, 0.717) is 12.3 Å². The van der Waals surface area contributed by atoms with Crippen molar-refractivity contribution >= 4 is 16.8 Å². The van der Waals surface area contributed by atoms with Gasteiger partial charge in [0, 0.05) is 37.8 Å². The van der Waals surface area contributed by atoms with Crippen LogP contribution in [0.2, 0.25) is 0 Å². The van der Waals surface area contributed by atoms with Crippen molar-refractivity contribution in [3.63, 3.8) is 0 Å². The lowest BCUT2D eigenvalue weighted by Crippen LogP contribution is -2.33. The minimum absolute atomic E-state index is 0.236. The first-order valence-corrected chi connectivity index (χ1v) is 7.85. The molecule has 22 heavy (non-hydrogen) atoms. The smallest absolute Gasteiger partial charge is 0.218 e. The Kier molecular flexibility index (Phi) is 4.75. The summed E-state index contributed by atoms with van der Waals surface area (Å²) in [5.74, 6) is 0.214. The molecule has 3 rings (SSSR count). The molecule has 1 amide bonds. The van der Waals surface area contributed by atoms with Gasteiger partial charge in [-0.1, -0.05) is 6.07 Å². The van der Waals surface area contributed by atoms with Crippen molar-refractivity contribution in [1.82, 2.24) is 9.88 Å². The summed E-state index contributed by atoms with van der Waals surface area (Å²) in [5.41, 5.74) is 7.75. The van der Waals surface area contributed by atoms with Crippen LogP contribution in [0.15, 0.2) is 30.5 Å². The fourth-order valence-corrected chi connectivity index (χ4v) is 3.11. The molecule has 0 saturated carbocycles. The molecule has 1 aromatic heterocycles. The number of H-pyrrole nitrogens is 1. The van der Waals surface area contributed by atoms with Crippen molar-refractivity contribution in [2.24, 2.45) is 11.7 Å².